The van der Waals surface area contributed by atoms with E-state index in [0.29, 0.717) is 36.1 Å². The number of anilines is 1. The number of allylic oxidation sites excluding steroid dienone is 1. The van der Waals surface area contributed by atoms with Crippen molar-refractivity contribution in [1.82, 2.24) is 29.6 Å². The van der Waals surface area contributed by atoms with Crippen LogP contribution in [0.25, 0.3) is 17.5 Å². The standard InChI is InChI=1S/C18H22F2N8OS/c1-27-11(6-25-30-2)8-28(9-17(27)29)16-5-13(23-10-24-16)14-7-22-15(26-14)4-3-12(21)18(19)20/h3-5,7,10-11,18,21,25H,6,8-9H2,1-2H3,(H,22,26)/b4-3-,21-12?/t11-/m1/s1. The van der Waals surface area contributed by atoms with E-state index in [9.17, 15) is 13.6 Å². The fourth-order valence-electron chi connectivity index (χ4n) is 2.94. The maximum Gasteiger partial charge on any atom is 0.279 e. The van der Waals surface area contributed by atoms with Crippen LogP contribution in [0.2, 0.25) is 0 Å². The molecule has 1 aliphatic heterocycles. The Morgan fingerprint density at radius 1 is 1.47 bits per heavy atom. The highest BCUT2D eigenvalue weighted by Gasteiger charge is 2.30. The Kier molecular flexibility index (Phi) is 7.11. The van der Waals surface area contributed by atoms with Crippen LogP contribution in [-0.2, 0) is 4.79 Å². The van der Waals surface area contributed by atoms with Crippen molar-refractivity contribution in [2.75, 3.05) is 37.8 Å². The summed E-state index contributed by atoms with van der Waals surface area (Å²) < 4.78 is 28.0. The lowest BCUT2D eigenvalue weighted by atomic mass is 10.1. The minimum Gasteiger partial charge on any atom is -0.345 e. The number of hydrogen-bond acceptors (Lipinski definition) is 8. The highest BCUT2D eigenvalue weighted by Crippen LogP contribution is 2.22. The van der Waals surface area contributed by atoms with Gasteiger partial charge in [0.05, 0.1) is 35.9 Å². The molecule has 1 saturated heterocycles. The number of amides is 1. The molecule has 0 saturated carbocycles. The number of carbonyl (C=O) groups is 1. The zero-order chi connectivity index (χ0) is 21.7. The zero-order valence-electron chi connectivity index (χ0n) is 16.5. The van der Waals surface area contributed by atoms with Gasteiger partial charge in [-0.15, -0.1) is 0 Å². The lowest BCUT2D eigenvalue weighted by molar-refractivity contribution is -0.131. The van der Waals surface area contributed by atoms with Gasteiger partial charge in [0, 0.05) is 26.2 Å². The fourth-order valence-corrected chi connectivity index (χ4v) is 3.29. The van der Waals surface area contributed by atoms with Crippen molar-refractivity contribution in [3.05, 3.63) is 30.5 Å². The first-order valence-electron chi connectivity index (χ1n) is 9.07. The van der Waals surface area contributed by atoms with Gasteiger partial charge in [-0.2, -0.15) is 0 Å². The molecule has 160 valence electrons. The van der Waals surface area contributed by atoms with E-state index in [4.69, 9.17) is 5.41 Å². The number of H-pyrrole nitrogens is 1. The minimum atomic E-state index is -2.83. The van der Waals surface area contributed by atoms with Gasteiger partial charge in [0.2, 0.25) is 5.91 Å². The summed E-state index contributed by atoms with van der Waals surface area (Å²) in [5.41, 5.74) is 0.340. The SMILES string of the molecule is CSNC[C@@H]1CN(c2cc(-c3cnc(/C=C\C(=N)C(F)F)[nH]3)ncn2)CC(=O)N1C. The van der Waals surface area contributed by atoms with Gasteiger partial charge in [0.1, 0.15) is 18.0 Å². The molecule has 12 heteroatoms. The number of halogens is 2. The van der Waals surface area contributed by atoms with E-state index in [-0.39, 0.29) is 18.5 Å². The molecule has 1 amide bonds. The number of nitrogens with zero attached hydrogens (tertiary/aromatic N) is 5. The first-order chi connectivity index (χ1) is 14.4. The molecular weight excluding hydrogens is 414 g/mol. The van der Waals surface area contributed by atoms with E-state index in [1.54, 1.807) is 18.0 Å². The molecule has 3 rings (SSSR count). The summed E-state index contributed by atoms with van der Waals surface area (Å²) in [6.45, 7) is 1.50. The summed E-state index contributed by atoms with van der Waals surface area (Å²) in [5.74, 6) is 0.945. The van der Waals surface area contributed by atoms with Gasteiger partial charge in [-0.05, 0) is 18.4 Å². The molecule has 1 fully saturated rings. The summed E-state index contributed by atoms with van der Waals surface area (Å²) in [5, 5.41) is 7.15. The fraction of sp³-hybridized carbons (Fsp3) is 0.389. The van der Waals surface area contributed by atoms with Crippen molar-refractivity contribution in [2.24, 2.45) is 0 Å². The topological polar surface area (TPSA) is 114 Å². The Morgan fingerprint density at radius 3 is 3.00 bits per heavy atom. The van der Waals surface area contributed by atoms with Crippen LogP contribution in [0.4, 0.5) is 14.6 Å². The number of rotatable bonds is 8. The lowest BCUT2D eigenvalue weighted by Gasteiger charge is -2.39. The van der Waals surface area contributed by atoms with Crippen molar-refractivity contribution in [2.45, 2.75) is 12.5 Å². The highest BCUT2D eigenvalue weighted by molar-refractivity contribution is 7.96. The second-order valence-electron chi connectivity index (χ2n) is 6.62. The Hall–Kier alpha value is -2.86. The van der Waals surface area contributed by atoms with Crippen LogP contribution in [0, 0.1) is 5.41 Å². The number of nitrogens with one attached hydrogen (secondary N) is 3. The van der Waals surface area contributed by atoms with Gasteiger partial charge in [-0.1, -0.05) is 11.9 Å². The third-order valence-corrected chi connectivity index (χ3v) is 5.12. The molecular formula is C18H22F2N8OS. The quantitative estimate of drug-likeness (QED) is 0.426. The van der Waals surface area contributed by atoms with E-state index >= 15 is 0 Å². The van der Waals surface area contributed by atoms with Crippen LogP contribution in [-0.4, -0.2) is 81.9 Å². The number of alkyl halides is 2. The Bertz CT molecular complexity index is 934. The number of likely N-dealkylation sites (N-methyl/N-ethyl adjacent to an activating group) is 1. The average Bonchev–Trinajstić information content (AvgIpc) is 3.22. The maximum absolute atomic E-state index is 12.4. The highest BCUT2D eigenvalue weighted by atomic mass is 32.2. The van der Waals surface area contributed by atoms with Gasteiger partial charge >= 0.3 is 0 Å². The van der Waals surface area contributed by atoms with E-state index in [1.165, 1.54) is 30.5 Å². The minimum absolute atomic E-state index is 0.00440. The monoisotopic (exact) mass is 436 g/mol. The molecule has 9 nitrogen and oxygen atoms in total. The zero-order valence-corrected chi connectivity index (χ0v) is 17.3. The summed E-state index contributed by atoms with van der Waals surface area (Å²) in [6.07, 6.45) is 4.34. The average molecular weight is 436 g/mol. The van der Waals surface area contributed by atoms with Gasteiger partial charge in [0.25, 0.3) is 6.43 Å². The molecule has 0 unspecified atom stereocenters. The van der Waals surface area contributed by atoms with E-state index < -0.39 is 12.1 Å². The number of hydrogen-bond donors (Lipinski definition) is 3. The first-order valence-corrected chi connectivity index (χ1v) is 10.3. The number of aromatic amines is 1. The lowest BCUT2D eigenvalue weighted by Crippen LogP contribution is -2.57. The largest absolute Gasteiger partial charge is 0.345 e. The predicted octanol–water partition coefficient (Wildman–Crippen LogP) is 1.68. The smallest absolute Gasteiger partial charge is 0.279 e. The predicted molar refractivity (Wildman–Crippen MR) is 113 cm³/mol. The van der Waals surface area contributed by atoms with E-state index in [1.807, 2.05) is 11.2 Å². The van der Waals surface area contributed by atoms with Crippen molar-refractivity contribution in [3.8, 4) is 11.4 Å². The van der Waals surface area contributed by atoms with Gasteiger partial charge in [-0.3, -0.25) is 14.9 Å². The van der Waals surface area contributed by atoms with Crippen LogP contribution in [0.1, 0.15) is 5.82 Å². The van der Waals surface area contributed by atoms with Crippen LogP contribution >= 0.6 is 11.9 Å². The Balaban J connectivity index is 1.76. The Morgan fingerprint density at radius 2 is 2.27 bits per heavy atom. The number of piperazine rings is 1. The molecule has 0 bridgehead atoms. The van der Waals surface area contributed by atoms with Crippen molar-refractivity contribution < 1.29 is 13.6 Å². The van der Waals surface area contributed by atoms with Gasteiger partial charge in [0.15, 0.2) is 0 Å². The molecule has 3 N–H and O–H groups in total. The normalized spacial score (nSPS) is 17.4. The molecule has 0 aliphatic carbocycles. The van der Waals surface area contributed by atoms with Crippen LogP contribution in [0.5, 0.6) is 0 Å². The first kappa shape index (κ1) is 21.8. The summed E-state index contributed by atoms with van der Waals surface area (Å²) in [6, 6.07) is 1.76. The van der Waals surface area contributed by atoms with Crippen LogP contribution in [0.3, 0.4) is 0 Å². The number of imidazole rings is 1. The van der Waals surface area contributed by atoms with Crippen molar-refractivity contribution in [3.63, 3.8) is 0 Å². The molecule has 2 aromatic rings. The number of carbonyl (C=O) groups excluding carboxylic acids is 1. The molecule has 0 spiro atoms. The third-order valence-electron chi connectivity index (χ3n) is 4.67. The van der Waals surface area contributed by atoms with Crippen molar-refractivity contribution >= 4 is 35.5 Å². The van der Waals surface area contributed by atoms with Gasteiger partial charge in [-0.25, -0.2) is 23.7 Å². The van der Waals surface area contributed by atoms with Crippen LogP contribution < -0.4 is 9.62 Å². The molecule has 0 radical (unpaired) electrons. The maximum atomic E-state index is 12.4. The number of aromatic nitrogens is 4. The molecule has 30 heavy (non-hydrogen) atoms. The summed E-state index contributed by atoms with van der Waals surface area (Å²) >= 11 is 1.50. The summed E-state index contributed by atoms with van der Waals surface area (Å²) in [4.78, 5) is 31.7. The molecule has 0 aromatic carbocycles. The van der Waals surface area contributed by atoms with E-state index in [2.05, 4.69) is 24.7 Å². The molecule has 2 aromatic heterocycles. The molecule has 3 heterocycles. The van der Waals surface area contributed by atoms with Crippen LogP contribution in [0.15, 0.2) is 24.7 Å². The van der Waals surface area contributed by atoms with Crippen molar-refractivity contribution in [1.29, 1.82) is 5.41 Å². The molecule has 1 aliphatic rings. The second-order valence-corrected chi connectivity index (χ2v) is 7.32. The van der Waals surface area contributed by atoms with E-state index in [0.717, 1.165) is 6.08 Å². The second kappa shape index (κ2) is 9.76. The van der Waals surface area contributed by atoms with Gasteiger partial charge < -0.3 is 14.8 Å². The third kappa shape index (κ3) is 5.19. The Labute approximate surface area is 176 Å². The molecule has 1 atom stereocenters. The summed E-state index contributed by atoms with van der Waals surface area (Å²) in [7, 11) is 1.80.